The molecule has 76 valence electrons. The molecule has 0 atom stereocenters. The Bertz CT molecular complexity index is 409. The molecule has 0 unspecified atom stereocenters. The van der Waals surface area contributed by atoms with E-state index >= 15 is 0 Å². The van der Waals surface area contributed by atoms with Crippen molar-refractivity contribution in [2.24, 2.45) is 5.92 Å². The third-order valence-electron chi connectivity index (χ3n) is 2.60. The Hall–Kier alpha value is -1.32. The van der Waals surface area contributed by atoms with Crippen molar-refractivity contribution in [1.82, 2.24) is 9.55 Å². The van der Waals surface area contributed by atoms with E-state index in [1.54, 1.807) is 13.0 Å². The average Bonchev–Trinajstić information content (AvgIpc) is 2.87. The SMILES string of the molecule is CCn1c(=O)cc(CC2CC2)[nH]c1=O. The molecule has 1 aromatic rings. The number of hydrogen-bond donors (Lipinski definition) is 1. The van der Waals surface area contributed by atoms with E-state index in [1.165, 1.54) is 17.4 Å². The van der Waals surface area contributed by atoms with Gasteiger partial charge in [0.1, 0.15) is 0 Å². The van der Waals surface area contributed by atoms with Gasteiger partial charge in [0.2, 0.25) is 0 Å². The maximum Gasteiger partial charge on any atom is 0.328 e. The molecule has 4 nitrogen and oxygen atoms in total. The van der Waals surface area contributed by atoms with Crippen LogP contribution in [0.15, 0.2) is 15.7 Å². The smallest absolute Gasteiger partial charge is 0.311 e. The molecule has 1 heterocycles. The first-order valence-corrected chi connectivity index (χ1v) is 5.03. The van der Waals surface area contributed by atoms with E-state index in [9.17, 15) is 9.59 Å². The Kier molecular flexibility index (Phi) is 2.27. The maximum atomic E-state index is 11.4. The second kappa shape index (κ2) is 3.44. The molecule has 0 radical (unpaired) electrons. The molecule has 1 aliphatic rings. The zero-order valence-corrected chi connectivity index (χ0v) is 8.25. The summed E-state index contributed by atoms with van der Waals surface area (Å²) in [5.41, 5.74) is 0.315. The summed E-state index contributed by atoms with van der Waals surface area (Å²) in [6.07, 6.45) is 3.28. The molecule has 1 aromatic heterocycles. The summed E-state index contributed by atoms with van der Waals surface area (Å²) in [6.45, 7) is 2.22. The van der Waals surface area contributed by atoms with E-state index in [4.69, 9.17) is 0 Å². The van der Waals surface area contributed by atoms with Crippen LogP contribution in [0.3, 0.4) is 0 Å². The van der Waals surface area contributed by atoms with Gasteiger partial charge in [0.25, 0.3) is 5.56 Å². The lowest BCUT2D eigenvalue weighted by molar-refractivity contribution is 0.654. The molecular formula is C10H14N2O2. The summed E-state index contributed by atoms with van der Waals surface area (Å²) in [7, 11) is 0. The molecule has 4 heteroatoms. The van der Waals surface area contributed by atoms with E-state index < -0.39 is 0 Å². The van der Waals surface area contributed by atoms with Gasteiger partial charge in [-0.15, -0.1) is 0 Å². The van der Waals surface area contributed by atoms with E-state index in [1.807, 2.05) is 0 Å². The van der Waals surface area contributed by atoms with Gasteiger partial charge in [0.05, 0.1) is 0 Å². The molecule has 2 rings (SSSR count). The number of H-pyrrole nitrogens is 1. The monoisotopic (exact) mass is 194 g/mol. The van der Waals surface area contributed by atoms with Crippen molar-refractivity contribution in [3.05, 3.63) is 32.6 Å². The average molecular weight is 194 g/mol. The topological polar surface area (TPSA) is 54.9 Å². The molecule has 14 heavy (non-hydrogen) atoms. The quantitative estimate of drug-likeness (QED) is 0.762. The molecule has 1 N–H and O–H groups in total. The van der Waals surface area contributed by atoms with Crippen LogP contribution in [0.1, 0.15) is 25.5 Å². The highest BCUT2D eigenvalue weighted by Gasteiger charge is 2.22. The van der Waals surface area contributed by atoms with E-state index in [2.05, 4.69) is 4.98 Å². The van der Waals surface area contributed by atoms with Crippen LogP contribution in [0.4, 0.5) is 0 Å². The Morgan fingerprint density at radius 1 is 1.50 bits per heavy atom. The van der Waals surface area contributed by atoms with Crippen LogP contribution in [-0.4, -0.2) is 9.55 Å². The maximum absolute atomic E-state index is 11.4. The van der Waals surface area contributed by atoms with Crippen LogP contribution in [0.25, 0.3) is 0 Å². The first kappa shape index (κ1) is 9.24. The Labute approximate surface area is 81.6 Å². The van der Waals surface area contributed by atoms with Gasteiger partial charge in [-0.1, -0.05) is 0 Å². The highest BCUT2D eigenvalue weighted by molar-refractivity contribution is 5.03. The lowest BCUT2D eigenvalue weighted by Crippen LogP contribution is -2.34. The molecule has 1 fully saturated rings. The highest BCUT2D eigenvalue weighted by atomic mass is 16.2. The Morgan fingerprint density at radius 3 is 2.71 bits per heavy atom. The normalized spacial score (nSPS) is 15.8. The molecule has 0 amide bonds. The third-order valence-corrected chi connectivity index (χ3v) is 2.60. The molecule has 0 aromatic carbocycles. The summed E-state index contributed by atoms with van der Waals surface area (Å²) >= 11 is 0. The third kappa shape index (κ3) is 1.78. The molecule has 1 saturated carbocycles. The van der Waals surface area contributed by atoms with Crippen LogP contribution in [0.2, 0.25) is 0 Å². The molecule has 0 bridgehead atoms. The minimum atomic E-state index is -0.282. The molecule has 0 spiro atoms. The fourth-order valence-corrected chi connectivity index (χ4v) is 1.61. The van der Waals surface area contributed by atoms with Gasteiger partial charge >= 0.3 is 5.69 Å². The first-order chi connectivity index (χ1) is 6.70. The summed E-state index contributed by atoms with van der Waals surface area (Å²) < 4.78 is 1.20. The minimum absolute atomic E-state index is 0.188. The van der Waals surface area contributed by atoms with Crippen molar-refractivity contribution in [1.29, 1.82) is 0 Å². The molecular weight excluding hydrogens is 180 g/mol. The minimum Gasteiger partial charge on any atom is -0.311 e. The van der Waals surface area contributed by atoms with Crippen LogP contribution in [0.5, 0.6) is 0 Å². The van der Waals surface area contributed by atoms with Crippen LogP contribution in [0, 0.1) is 5.92 Å². The molecule has 0 saturated heterocycles. The van der Waals surface area contributed by atoms with Gasteiger partial charge in [0, 0.05) is 18.3 Å². The number of aromatic nitrogens is 2. The number of nitrogens with one attached hydrogen (secondary N) is 1. The predicted octanol–water partition coefficient (Wildman–Crippen LogP) is 0.509. The van der Waals surface area contributed by atoms with Crippen molar-refractivity contribution in [2.45, 2.75) is 32.7 Å². The number of nitrogens with zero attached hydrogens (tertiary/aromatic N) is 1. The van der Waals surface area contributed by atoms with Crippen LogP contribution in [-0.2, 0) is 13.0 Å². The Morgan fingerprint density at radius 2 is 2.21 bits per heavy atom. The Balaban J connectivity index is 2.35. The summed E-state index contributed by atoms with van der Waals surface area (Å²) in [5.74, 6) is 0.683. The lowest BCUT2D eigenvalue weighted by Gasteiger charge is -2.02. The molecule has 1 aliphatic carbocycles. The number of aromatic amines is 1. The fraction of sp³-hybridized carbons (Fsp3) is 0.600. The van der Waals surface area contributed by atoms with Crippen molar-refractivity contribution in [2.75, 3.05) is 0 Å². The van der Waals surface area contributed by atoms with Gasteiger partial charge in [-0.25, -0.2) is 4.79 Å². The first-order valence-electron chi connectivity index (χ1n) is 5.03. The van der Waals surface area contributed by atoms with Crippen molar-refractivity contribution >= 4 is 0 Å². The number of hydrogen-bond acceptors (Lipinski definition) is 2. The van der Waals surface area contributed by atoms with E-state index in [-0.39, 0.29) is 11.2 Å². The zero-order chi connectivity index (χ0) is 10.1. The highest BCUT2D eigenvalue weighted by Crippen LogP contribution is 2.31. The largest absolute Gasteiger partial charge is 0.328 e. The van der Waals surface area contributed by atoms with Crippen molar-refractivity contribution in [3.63, 3.8) is 0 Å². The predicted molar refractivity (Wildman–Crippen MR) is 53.4 cm³/mol. The summed E-state index contributed by atoms with van der Waals surface area (Å²) in [4.78, 5) is 25.6. The van der Waals surface area contributed by atoms with Crippen molar-refractivity contribution < 1.29 is 0 Å². The van der Waals surface area contributed by atoms with Crippen molar-refractivity contribution in [3.8, 4) is 0 Å². The van der Waals surface area contributed by atoms with Crippen LogP contribution >= 0.6 is 0 Å². The van der Waals surface area contributed by atoms with Crippen LogP contribution < -0.4 is 11.2 Å². The second-order valence-electron chi connectivity index (χ2n) is 3.83. The fourth-order valence-electron chi connectivity index (χ4n) is 1.61. The second-order valence-corrected chi connectivity index (χ2v) is 3.83. The lowest BCUT2D eigenvalue weighted by atomic mass is 10.2. The summed E-state index contributed by atoms with van der Waals surface area (Å²) in [6, 6.07) is 1.54. The standard InChI is InChI=1S/C10H14N2O2/c1-2-12-9(13)6-8(11-10(12)14)5-7-3-4-7/h6-7H,2-5H2,1H3,(H,11,14). The van der Waals surface area contributed by atoms with Gasteiger partial charge in [-0.05, 0) is 32.1 Å². The van der Waals surface area contributed by atoms with E-state index in [0.29, 0.717) is 12.5 Å². The molecule has 0 aliphatic heterocycles. The van der Waals surface area contributed by atoms with Gasteiger partial charge < -0.3 is 4.98 Å². The van der Waals surface area contributed by atoms with E-state index in [0.717, 1.165) is 12.1 Å². The van der Waals surface area contributed by atoms with Gasteiger partial charge in [0.15, 0.2) is 0 Å². The van der Waals surface area contributed by atoms with Gasteiger partial charge in [-0.3, -0.25) is 9.36 Å². The zero-order valence-electron chi connectivity index (χ0n) is 8.25. The summed E-state index contributed by atoms with van der Waals surface area (Å²) in [5, 5.41) is 0. The number of rotatable bonds is 3. The van der Waals surface area contributed by atoms with Gasteiger partial charge in [-0.2, -0.15) is 0 Å².